The highest BCUT2D eigenvalue weighted by Crippen LogP contribution is 2.34. The molecule has 1 atom stereocenters. The van der Waals surface area contributed by atoms with E-state index in [2.05, 4.69) is 0 Å². The van der Waals surface area contributed by atoms with Crippen molar-refractivity contribution in [3.05, 3.63) is 29.1 Å². The number of anilines is 1. The number of aryl methyl sites for hydroxylation is 2. The molecular weight excluding hydrogens is 331 g/mol. The third-order valence-corrected chi connectivity index (χ3v) is 5.41. The van der Waals surface area contributed by atoms with Crippen LogP contribution in [-0.2, 0) is 16.0 Å². The Bertz CT molecular complexity index is 723. The third-order valence-electron chi connectivity index (χ3n) is 5.41. The number of carbonyl (C=O) groups is 2. The van der Waals surface area contributed by atoms with Gasteiger partial charge in [-0.25, -0.2) is 4.39 Å². The van der Waals surface area contributed by atoms with Crippen LogP contribution in [0.2, 0.25) is 0 Å². The maximum atomic E-state index is 13.7. The molecule has 2 aliphatic rings. The van der Waals surface area contributed by atoms with Crippen molar-refractivity contribution in [2.45, 2.75) is 53.4 Å². The Morgan fingerprint density at radius 3 is 2.58 bits per heavy atom. The van der Waals surface area contributed by atoms with E-state index < -0.39 is 5.41 Å². The number of piperidine rings is 1. The van der Waals surface area contributed by atoms with E-state index in [1.54, 1.807) is 6.07 Å². The van der Waals surface area contributed by atoms with Crippen LogP contribution in [0.15, 0.2) is 12.1 Å². The summed E-state index contributed by atoms with van der Waals surface area (Å²) in [6.45, 7) is 9.49. The molecule has 142 valence electrons. The summed E-state index contributed by atoms with van der Waals surface area (Å²) >= 11 is 0. The highest BCUT2D eigenvalue weighted by molar-refractivity contribution is 5.97. The Morgan fingerprint density at radius 1 is 1.15 bits per heavy atom. The fourth-order valence-electron chi connectivity index (χ4n) is 4.20. The number of fused-ring (bicyclic) bond motifs is 1. The molecule has 0 aliphatic carbocycles. The molecule has 4 nitrogen and oxygen atoms in total. The van der Waals surface area contributed by atoms with E-state index in [0.29, 0.717) is 13.1 Å². The van der Waals surface area contributed by atoms with Gasteiger partial charge in [-0.15, -0.1) is 0 Å². The highest BCUT2D eigenvalue weighted by Gasteiger charge is 2.36. The Morgan fingerprint density at radius 2 is 1.88 bits per heavy atom. The van der Waals surface area contributed by atoms with E-state index in [1.807, 2.05) is 37.5 Å². The molecule has 1 saturated heterocycles. The number of carbonyl (C=O) groups excluding carboxylic acids is 2. The standard InChI is InChI=1S/C21H29FN2O2/c1-14-11-17(22)12-15-7-6-10-24(18(14)15)19(25)16-8-5-9-23(13-16)20(26)21(2,3)4/h11-12,16H,5-10,13H2,1-4H3. The number of nitrogens with zero attached hydrogens (tertiary/aromatic N) is 2. The van der Waals surface area contributed by atoms with Crippen LogP contribution in [0.25, 0.3) is 0 Å². The van der Waals surface area contributed by atoms with Crippen molar-refractivity contribution < 1.29 is 14.0 Å². The fraction of sp³-hybridized carbons (Fsp3) is 0.619. The van der Waals surface area contributed by atoms with Crippen LogP contribution in [0.4, 0.5) is 10.1 Å². The second kappa shape index (κ2) is 7.01. The molecule has 1 fully saturated rings. The average Bonchev–Trinajstić information content (AvgIpc) is 2.59. The van der Waals surface area contributed by atoms with Gasteiger partial charge >= 0.3 is 0 Å². The van der Waals surface area contributed by atoms with Gasteiger partial charge < -0.3 is 9.80 Å². The molecule has 2 heterocycles. The highest BCUT2D eigenvalue weighted by atomic mass is 19.1. The molecule has 2 aliphatic heterocycles. The lowest BCUT2D eigenvalue weighted by molar-refractivity contribution is -0.142. The quantitative estimate of drug-likeness (QED) is 0.766. The average molecular weight is 360 g/mol. The molecule has 0 aromatic heterocycles. The lowest BCUT2D eigenvalue weighted by Crippen LogP contribution is -2.50. The Labute approximate surface area is 155 Å². The molecule has 2 amide bonds. The molecule has 3 rings (SSSR count). The maximum absolute atomic E-state index is 13.7. The fourth-order valence-corrected chi connectivity index (χ4v) is 4.20. The van der Waals surface area contributed by atoms with E-state index in [-0.39, 0.29) is 23.5 Å². The van der Waals surface area contributed by atoms with Gasteiger partial charge in [-0.1, -0.05) is 20.8 Å². The predicted octanol–water partition coefficient (Wildman–Crippen LogP) is 3.70. The molecule has 0 bridgehead atoms. The van der Waals surface area contributed by atoms with Gasteiger partial charge in [-0.3, -0.25) is 9.59 Å². The van der Waals surface area contributed by atoms with Crippen LogP contribution < -0.4 is 4.90 Å². The summed E-state index contributed by atoms with van der Waals surface area (Å²) in [5.41, 5.74) is 2.17. The number of hydrogen-bond donors (Lipinski definition) is 0. The van der Waals surface area contributed by atoms with Gasteiger partial charge in [0.05, 0.1) is 5.92 Å². The monoisotopic (exact) mass is 360 g/mol. The summed E-state index contributed by atoms with van der Waals surface area (Å²) in [4.78, 5) is 29.6. The third kappa shape index (κ3) is 3.62. The largest absolute Gasteiger partial charge is 0.341 e. The maximum Gasteiger partial charge on any atom is 0.231 e. The molecule has 1 aromatic rings. The normalized spacial score (nSPS) is 20.7. The van der Waals surface area contributed by atoms with Crippen LogP contribution >= 0.6 is 0 Å². The molecule has 0 saturated carbocycles. The summed E-state index contributed by atoms with van der Waals surface area (Å²) in [7, 11) is 0. The Balaban J connectivity index is 1.82. The molecule has 5 heteroatoms. The van der Waals surface area contributed by atoms with E-state index in [0.717, 1.165) is 49.0 Å². The van der Waals surface area contributed by atoms with Crippen LogP contribution in [0.1, 0.15) is 51.2 Å². The lowest BCUT2D eigenvalue weighted by atomic mass is 9.89. The summed E-state index contributed by atoms with van der Waals surface area (Å²) < 4.78 is 13.7. The van der Waals surface area contributed by atoms with Gasteiger partial charge in [0.25, 0.3) is 0 Å². The van der Waals surface area contributed by atoms with Gasteiger partial charge in [0.1, 0.15) is 5.82 Å². The van der Waals surface area contributed by atoms with Crippen LogP contribution in [0.5, 0.6) is 0 Å². The van der Waals surface area contributed by atoms with E-state index in [9.17, 15) is 14.0 Å². The minimum Gasteiger partial charge on any atom is -0.341 e. The van der Waals surface area contributed by atoms with Crippen molar-refractivity contribution >= 4 is 17.5 Å². The van der Waals surface area contributed by atoms with Gasteiger partial charge in [-0.2, -0.15) is 0 Å². The molecule has 1 aromatic carbocycles. The summed E-state index contributed by atoms with van der Waals surface area (Å²) in [6, 6.07) is 3.05. The number of halogens is 1. The first-order valence-electron chi connectivity index (χ1n) is 9.58. The predicted molar refractivity (Wildman–Crippen MR) is 101 cm³/mol. The second-order valence-corrected chi connectivity index (χ2v) is 8.66. The Kier molecular flexibility index (Phi) is 5.09. The molecule has 26 heavy (non-hydrogen) atoms. The molecular formula is C21H29FN2O2. The van der Waals surface area contributed by atoms with Crippen LogP contribution in [0, 0.1) is 24.1 Å². The molecule has 1 unspecified atom stereocenters. The second-order valence-electron chi connectivity index (χ2n) is 8.66. The van der Waals surface area contributed by atoms with E-state index in [4.69, 9.17) is 0 Å². The number of likely N-dealkylation sites (tertiary alicyclic amines) is 1. The van der Waals surface area contributed by atoms with Gasteiger partial charge in [-0.05, 0) is 55.9 Å². The number of benzene rings is 1. The minimum atomic E-state index is -0.434. The molecule has 0 radical (unpaired) electrons. The number of amides is 2. The van der Waals surface area contributed by atoms with Crippen molar-refractivity contribution in [3.63, 3.8) is 0 Å². The topological polar surface area (TPSA) is 40.6 Å². The van der Waals surface area contributed by atoms with Crippen molar-refractivity contribution in [2.75, 3.05) is 24.5 Å². The van der Waals surface area contributed by atoms with Gasteiger partial charge in [0, 0.05) is 30.7 Å². The zero-order valence-corrected chi connectivity index (χ0v) is 16.3. The first kappa shape index (κ1) is 18.9. The summed E-state index contributed by atoms with van der Waals surface area (Å²) in [5, 5.41) is 0. The Hall–Kier alpha value is -1.91. The van der Waals surface area contributed by atoms with Crippen molar-refractivity contribution in [2.24, 2.45) is 11.3 Å². The van der Waals surface area contributed by atoms with E-state index in [1.165, 1.54) is 6.07 Å². The van der Waals surface area contributed by atoms with Crippen molar-refractivity contribution in [1.82, 2.24) is 4.90 Å². The SMILES string of the molecule is Cc1cc(F)cc2c1N(C(=O)C1CCCN(C(=O)C(C)(C)C)C1)CCC2. The summed E-state index contributed by atoms with van der Waals surface area (Å²) in [5.74, 6) is -0.236. The zero-order chi connectivity index (χ0) is 19.1. The first-order valence-corrected chi connectivity index (χ1v) is 9.58. The van der Waals surface area contributed by atoms with Crippen molar-refractivity contribution in [3.8, 4) is 0 Å². The summed E-state index contributed by atoms with van der Waals surface area (Å²) in [6.07, 6.45) is 3.30. The van der Waals surface area contributed by atoms with Gasteiger partial charge in [0.2, 0.25) is 11.8 Å². The van der Waals surface area contributed by atoms with Crippen molar-refractivity contribution in [1.29, 1.82) is 0 Å². The smallest absolute Gasteiger partial charge is 0.231 e. The van der Waals surface area contributed by atoms with Gasteiger partial charge in [0.15, 0.2) is 0 Å². The number of rotatable bonds is 1. The lowest BCUT2D eigenvalue weighted by Gasteiger charge is -2.39. The molecule has 0 N–H and O–H groups in total. The minimum absolute atomic E-state index is 0.0760. The first-order chi connectivity index (χ1) is 12.2. The van der Waals surface area contributed by atoms with E-state index >= 15 is 0 Å². The van der Waals surface area contributed by atoms with Crippen LogP contribution in [0.3, 0.4) is 0 Å². The number of hydrogen-bond acceptors (Lipinski definition) is 2. The van der Waals surface area contributed by atoms with Crippen LogP contribution in [-0.4, -0.2) is 36.3 Å². The zero-order valence-electron chi connectivity index (χ0n) is 16.3. The molecule has 0 spiro atoms.